The predicted molar refractivity (Wildman–Crippen MR) is 56.2 cm³/mol. The highest BCUT2D eigenvalue weighted by atomic mass is 19.4. The van der Waals surface area contributed by atoms with E-state index in [2.05, 4.69) is 0 Å². The van der Waals surface area contributed by atoms with E-state index in [0.717, 1.165) is 12.8 Å². The van der Waals surface area contributed by atoms with Gasteiger partial charge in [0.15, 0.2) is 0 Å². The monoisotopic (exact) mass is 239 g/mol. The minimum Gasteiger partial charge on any atom is -0.389 e. The molecule has 0 aromatic heterocycles. The van der Waals surface area contributed by atoms with Gasteiger partial charge in [0, 0.05) is 12.6 Å². The van der Waals surface area contributed by atoms with Crippen LogP contribution in [0, 0.1) is 0 Å². The van der Waals surface area contributed by atoms with E-state index in [1.165, 1.54) is 4.90 Å². The van der Waals surface area contributed by atoms with Crippen LogP contribution in [0.2, 0.25) is 0 Å². The smallest absolute Gasteiger partial charge is 0.389 e. The Balaban J connectivity index is 2.57. The Bertz CT molecular complexity index is 222. The van der Waals surface area contributed by atoms with Gasteiger partial charge in [-0.3, -0.25) is 4.90 Å². The van der Waals surface area contributed by atoms with Crippen LogP contribution in [0.4, 0.5) is 13.2 Å². The van der Waals surface area contributed by atoms with Gasteiger partial charge in [-0.1, -0.05) is 13.8 Å². The lowest BCUT2D eigenvalue weighted by Crippen LogP contribution is -2.46. The lowest BCUT2D eigenvalue weighted by atomic mass is 9.96. The number of nitrogens with zero attached hydrogens (tertiary/aromatic N) is 1. The normalized spacial score (nSPS) is 18.2. The van der Waals surface area contributed by atoms with E-state index in [0.29, 0.717) is 12.8 Å². The van der Waals surface area contributed by atoms with E-state index < -0.39 is 18.3 Å². The Morgan fingerprint density at radius 1 is 1.12 bits per heavy atom. The molecule has 1 saturated carbocycles. The summed E-state index contributed by atoms with van der Waals surface area (Å²) >= 11 is 0. The summed E-state index contributed by atoms with van der Waals surface area (Å²) in [4.78, 5) is 1.38. The second-order valence-corrected chi connectivity index (χ2v) is 4.68. The zero-order chi connectivity index (χ0) is 12.4. The van der Waals surface area contributed by atoms with Crippen LogP contribution in [0.3, 0.4) is 0 Å². The van der Waals surface area contributed by atoms with Crippen molar-refractivity contribution in [1.82, 2.24) is 4.90 Å². The summed E-state index contributed by atoms with van der Waals surface area (Å²) in [5.41, 5.74) is -0.978. The fourth-order valence-electron chi connectivity index (χ4n) is 1.84. The van der Waals surface area contributed by atoms with Crippen LogP contribution in [0.15, 0.2) is 0 Å². The van der Waals surface area contributed by atoms with Gasteiger partial charge in [0.1, 0.15) is 0 Å². The van der Waals surface area contributed by atoms with Crippen molar-refractivity contribution in [1.29, 1.82) is 0 Å². The van der Waals surface area contributed by atoms with Gasteiger partial charge >= 0.3 is 6.18 Å². The molecule has 0 radical (unpaired) electrons. The molecule has 1 aliphatic carbocycles. The largest absolute Gasteiger partial charge is 0.401 e. The minimum atomic E-state index is -4.18. The molecule has 0 bridgehead atoms. The highest BCUT2D eigenvalue weighted by Gasteiger charge is 2.40. The van der Waals surface area contributed by atoms with Crippen molar-refractivity contribution in [2.45, 2.75) is 57.3 Å². The molecule has 0 heterocycles. The van der Waals surface area contributed by atoms with E-state index in [4.69, 9.17) is 0 Å². The summed E-state index contributed by atoms with van der Waals surface area (Å²) in [6.45, 7) is 2.84. The Kier molecular flexibility index (Phi) is 4.23. The van der Waals surface area contributed by atoms with Gasteiger partial charge in [0.25, 0.3) is 0 Å². The first-order chi connectivity index (χ1) is 7.29. The van der Waals surface area contributed by atoms with Crippen molar-refractivity contribution in [2.75, 3.05) is 13.1 Å². The molecule has 0 amide bonds. The first-order valence-corrected chi connectivity index (χ1v) is 5.83. The van der Waals surface area contributed by atoms with Crippen LogP contribution in [0.5, 0.6) is 0 Å². The van der Waals surface area contributed by atoms with E-state index in [1.54, 1.807) is 0 Å². The van der Waals surface area contributed by atoms with Gasteiger partial charge in [-0.2, -0.15) is 13.2 Å². The number of hydrogen-bond donors (Lipinski definition) is 1. The quantitative estimate of drug-likeness (QED) is 0.770. The lowest BCUT2D eigenvalue weighted by molar-refractivity contribution is -0.154. The van der Waals surface area contributed by atoms with Crippen molar-refractivity contribution >= 4 is 0 Å². The molecule has 1 fully saturated rings. The first-order valence-electron chi connectivity index (χ1n) is 5.83. The van der Waals surface area contributed by atoms with Crippen molar-refractivity contribution in [3.8, 4) is 0 Å². The highest BCUT2D eigenvalue weighted by Crippen LogP contribution is 2.32. The summed E-state index contributed by atoms with van der Waals surface area (Å²) in [7, 11) is 0. The van der Waals surface area contributed by atoms with E-state index in [1.807, 2.05) is 13.8 Å². The Morgan fingerprint density at radius 2 is 1.62 bits per heavy atom. The lowest BCUT2D eigenvalue weighted by Gasteiger charge is -2.33. The SMILES string of the molecule is CCC(O)(CC)CN(CC(F)(F)F)C1CC1. The minimum absolute atomic E-state index is 0.0197. The third-order valence-electron chi connectivity index (χ3n) is 3.26. The summed E-state index contributed by atoms with van der Waals surface area (Å²) < 4.78 is 37.1. The van der Waals surface area contributed by atoms with E-state index in [-0.39, 0.29) is 12.6 Å². The molecule has 0 aromatic rings. The average molecular weight is 239 g/mol. The summed E-state index contributed by atoms with van der Waals surface area (Å²) in [6.07, 6.45) is -1.56. The Hall–Kier alpha value is -0.290. The van der Waals surface area contributed by atoms with Crippen LogP contribution in [-0.4, -0.2) is 40.9 Å². The highest BCUT2D eigenvalue weighted by molar-refractivity contribution is 4.90. The molecule has 0 unspecified atom stereocenters. The molecule has 0 spiro atoms. The molecule has 96 valence electrons. The zero-order valence-corrected chi connectivity index (χ0v) is 9.85. The standard InChI is InChI=1S/C11H20F3NO/c1-3-10(16,4-2)7-15(9-5-6-9)8-11(12,13)14/h9,16H,3-8H2,1-2H3. The van der Waals surface area contributed by atoms with Crippen LogP contribution in [-0.2, 0) is 0 Å². The third-order valence-corrected chi connectivity index (χ3v) is 3.26. The maximum absolute atomic E-state index is 12.4. The van der Waals surface area contributed by atoms with Gasteiger partial charge in [0.2, 0.25) is 0 Å². The van der Waals surface area contributed by atoms with Crippen molar-refractivity contribution in [3.63, 3.8) is 0 Å². The molecule has 0 saturated heterocycles. The van der Waals surface area contributed by atoms with Crippen molar-refractivity contribution in [3.05, 3.63) is 0 Å². The second kappa shape index (κ2) is 4.92. The first kappa shape index (κ1) is 13.8. The van der Waals surface area contributed by atoms with E-state index >= 15 is 0 Å². The van der Waals surface area contributed by atoms with Gasteiger partial charge in [-0.15, -0.1) is 0 Å². The molecular weight excluding hydrogens is 219 g/mol. The van der Waals surface area contributed by atoms with Crippen LogP contribution in [0.1, 0.15) is 39.5 Å². The van der Waals surface area contributed by atoms with E-state index in [9.17, 15) is 18.3 Å². The van der Waals surface area contributed by atoms with Gasteiger partial charge in [0.05, 0.1) is 12.1 Å². The molecule has 2 nitrogen and oxygen atoms in total. The van der Waals surface area contributed by atoms with Crippen LogP contribution >= 0.6 is 0 Å². The predicted octanol–water partition coefficient (Wildman–Crippen LogP) is 2.56. The summed E-state index contributed by atoms with van der Waals surface area (Å²) in [5, 5.41) is 10.1. The van der Waals surface area contributed by atoms with Crippen LogP contribution < -0.4 is 0 Å². The van der Waals surface area contributed by atoms with Gasteiger partial charge in [-0.25, -0.2) is 0 Å². The number of alkyl halides is 3. The fourth-order valence-corrected chi connectivity index (χ4v) is 1.84. The molecule has 0 aliphatic heterocycles. The topological polar surface area (TPSA) is 23.5 Å². The van der Waals surface area contributed by atoms with Crippen molar-refractivity contribution < 1.29 is 18.3 Å². The van der Waals surface area contributed by atoms with Gasteiger partial charge in [-0.05, 0) is 25.7 Å². The number of aliphatic hydroxyl groups is 1. The molecule has 0 aromatic carbocycles. The number of hydrogen-bond acceptors (Lipinski definition) is 2. The summed E-state index contributed by atoms with van der Waals surface area (Å²) in [6, 6.07) is 0.0197. The molecular formula is C11H20F3NO. The Labute approximate surface area is 94.4 Å². The maximum atomic E-state index is 12.4. The second-order valence-electron chi connectivity index (χ2n) is 4.68. The van der Waals surface area contributed by atoms with Gasteiger partial charge < -0.3 is 5.11 Å². The third kappa shape index (κ3) is 4.29. The molecule has 5 heteroatoms. The molecule has 1 rings (SSSR count). The fraction of sp³-hybridized carbons (Fsp3) is 1.00. The average Bonchev–Trinajstić information content (AvgIpc) is 2.97. The summed E-state index contributed by atoms with van der Waals surface area (Å²) in [5.74, 6) is 0. The molecule has 1 N–H and O–H groups in total. The molecule has 0 atom stereocenters. The zero-order valence-electron chi connectivity index (χ0n) is 9.85. The van der Waals surface area contributed by atoms with Crippen LogP contribution in [0.25, 0.3) is 0 Å². The molecule has 16 heavy (non-hydrogen) atoms. The van der Waals surface area contributed by atoms with Crippen molar-refractivity contribution in [2.24, 2.45) is 0 Å². The number of halogens is 3. The number of rotatable bonds is 6. The Morgan fingerprint density at radius 3 is 1.94 bits per heavy atom. The maximum Gasteiger partial charge on any atom is 0.401 e. The molecule has 1 aliphatic rings.